The molecule has 0 radical (unpaired) electrons. The number of carbonyl (C=O) groups excluding carboxylic acids is 3. The number of nitrogens with zero attached hydrogens (tertiary/aromatic N) is 1. The Morgan fingerprint density at radius 2 is 1.66 bits per heavy atom. The number of nitrogens with one attached hydrogen (secondary N) is 2. The lowest BCUT2D eigenvalue weighted by molar-refractivity contribution is -0.116. The first kappa shape index (κ1) is 25.1. The summed E-state index contributed by atoms with van der Waals surface area (Å²) in [4.78, 5) is 41.3. The number of hydrogen-bond acceptors (Lipinski definition) is 5. The van der Waals surface area contributed by atoms with Gasteiger partial charge in [-0.25, -0.2) is 0 Å². The highest BCUT2D eigenvalue weighted by Crippen LogP contribution is 2.29. The summed E-state index contributed by atoms with van der Waals surface area (Å²) in [6, 6.07) is 27.3. The Balaban J connectivity index is 1.21. The van der Waals surface area contributed by atoms with Gasteiger partial charge in [0, 0.05) is 34.5 Å². The summed E-state index contributed by atoms with van der Waals surface area (Å²) in [7, 11) is 0. The Bertz CT molecular complexity index is 1470. The van der Waals surface area contributed by atoms with E-state index in [1.54, 1.807) is 48.5 Å². The number of rotatable bonds is 8. The van der Waals surface area contributed by atoms with Crippen molar-refractivity contribution in [3.63, 3.8) is 0 Å². The first-order chi connectivity index (χ1) is 18.6. The van der Waals surface area contributed by atoms with Gasteiger partial charge in [-0.3, -0.25) is 14.4 Å². The summed E-state index contributed by atoms with van der Waals surface area (Å²) in [5.74, 6) is -0.0778. The lowest BCUT2D eigenvalue weighted by Gasteiger charge is -2.17. The minimum Gasteiger partial charge on any atom is -0.465 e. The van der Waals surface area contributed by atoms with Gasteiger partial charge in [-0.2, -0.15) is 0 Å². The standard InChI is InChI=1S/C30H25N3O4S/c34-28(33-17-16-21-7-4-5-11-27(21)33)20-38-25-14-12-23(13-15-25)31-30(36)26(19-24-10-6-18-37-24)32-29(35)22-8-2-1-3-9-22/h1-15,18-19H,16-17,20H2,(H,31,36)(H,32,35). The topological polar surface area (TPSA) is 91.7 Å². The minimum atomic E-state index is -0.492. The van der Waals surface area contributed by atoms with E-state index >= 15 is 0 Å². The molecule has 3 aromatic carbocycles. The van der Waals surface area contributed by atoms with E-state index in [-0.39, 0.29) is 11.6 Å². The second kappa shape index (κ2) is 11.7. The highest BCUT2D eigenvalue weighted by Gasteiger charge is 2.24. The number of fused-ring (bicyclic) bond motifs is 1. The van der Waals surface area contributed by atoms with Crippen molar-refractivity contribution in [2.24, 2.45) is 0 Å². The maximum Gasteiger partial charge on any atom is 0.272 e. The Kier molecular flexibility index (Phi) is 7.70. The first-order valence-corrected chi connectivity index (χ1v) is 13.1. The van der Waals surface area contributed by atoms with Crippen molar-refractivity contribution >= 4 is 46.9 Å². The summed E-state index contributed by atoms with van der Waals surface area (Å²) in [5, 5.41) is 5.48. The molecule has 5 rings (SSSR count). The molecule has 7 nitrogen and oxygen atoms in total. The molecule has 0 spiro atoms. The SMILES string of the molecule is O=C(Nc1ccc(SCC(=O)N2CCc3ccccc32)cc1)C(=Cc1ccco1)NC(=O)c1ccccc1. The molecule has 2 N–H and O–H groups in total. The number of carbonyl (C=O) groups is 3. The lowest BCUT2D eigenvalue weighted by Crippen LogP contribution is -2.30. The lowest BCUT2D eigenvalue weighted by atomic mass is 10.2. The smallest absolute Gasteiger partial charge is 0.272 e. The molecule has 8 heteroatoms. The van der Waals surface area contributed by atoms with Gasteiger partial charge in [-0.05, 0) is 66.6 Å². The summed E-state index contributed by atoms with van der Waals surface area (Å²) in [6.45, 7) is 0.707. The van der Waals surface area contributed by atoms with Crippen LogP contribution in [0.2, 0.25) is 0 Å². The second-order valence-electron chi connectivity index (χ2n) is 8.58. The third-order valence-corrected chi connectivity index (χ3v) is 7.02. The molecule has 38 heavy (non-hydrogen) atoms. The number of furan rings is 1. The van der Waals surface area contributed by atoms with Gasteiger partial charge in [0.05, 0.1) is 12.0 Å². The van der Waals surface area contributed by atoms with Gasteiger partial charge in [-0.15, -0.1) is 11.8 Å². The van der Waals surface area contributed by atoms with Crippen molar-refractivity contribution in [2.75, 3.05) is 22.5 Å². The van der Waals surface area contributed by atoms with Gasteiger partial charge in [0.15, 0.2) is 0 Å². The molecule has 1 aromatic heterocycles. The highest BCUT2D eigenvalue weighted by atomic mass is 32.2. The van der Waals surface area contributed by atoms with Crippen molar-refractivity contribution in [1.82, 2.24) is 5.32 Å². The number of anilines is 2. The van der Waals surface area contributed by atoms with Crippen LogP contribution in [0, 0.1) is 0 Å². The fourth-order valence-corrected chi connectivity index (χ4v) is 4.89. The maximum atomic E-state index is 13.1. The van der Waals surface area contributed by atoms with Crippen molar-refractivity contribution in [2.45, 2.75) is 11.3 Å². The van der Waals surface area contributed by atoms with Crippen molar-refractivity contribution in [1.29, 1.82) is 0 Å². The zero-order chi connectivity index (χ0) is 26.3. The molecule has 1 aliphatic heterocycles. The average molecular weight is 524 g/mol. The van der Waals surface area contributed by atoms with Crippen LogP contribution in [0.1, 0.15) is 21.7 Å². The molecule has 0 unspecified atom stereocenters. The highest BCUT2D eigenvalue weighted by molar-refractivity contribution is 8.00. The van der Waals surface area contributed by atoms with Crippen LogP contribution in [0.15, 0.2) is 112 Å². The van der Waals surface area contributed by atoms with Crippen LogP contribution in [0.25, 0.3) is 6.08 Å². The zero-order valence-corrected chi connectivity index (χ0v) is 21.2. The van der Waals surface area contributed by atoms with Crippen LogP contribution in [0.3, 0.4) is 0 Å². The van der Waals surface area contributed by atoms with E-state index in [2.05, 4.69) is 16.7 Å². The van der Waals surface area contributed by atoms with Gasteiger partial charge < -0.3 is 20.0 Å². The third kappa shape index (κ3) is 6.04. The quantitative estimate of drug-likeness (QED) is 0.239. The van der Waals surface area contributed by atoms with Gasteiger partial charge in [-0.1, -0.05) is 36.4 Å². The molecule has 0 aliphatic carbocycles. The Hall–Kier alpha value is -4.56. The Morgan fingerprint density at radius 1 is 0.895 bits per heavy atom. The van der Waals surface area contributed by atoms with E-state index in [9.17, 15) is 14.4 Å². The number of hydrogen-bond donors (Lipinski definition) is 2. The van der Waals surface area contributed by atoms with E-state index in [1.165, 1.54) is 29.7 Å². The van der Waals surface area contributed by atoms with Crippen molar-refractivity contribution < 1.29 is 18.8 Å². The molecule has 1 aliphatic rings. The molecule has 190 valence electrons. The van der Waals surface area contributed by atoms with Crippen molar-refractivity contribution in [3.05, 3.63) is 120 Å². The molecule has 3 amide bonds. The van der Waals surface area contributed by atoms with Crippen LogP contribution in [0.4, 0.5) is 11.4 Å². The van der Waals surface area contributed by atoms with E-state index in [4.69, 9.17) is 4.42 Å². The molecular formula is C30H25N3O4S. The fourth-order valence-electron chi connectivity index (χ4n) is 4.11. The molecule has 0 fully saturated rings. The van der Waals surface area contributed by atoms with Crippen LogP contribution in [-0.2, 0) is 16.0 Å². The van der Waals surface area contributed by atoms with Crippen LogP contribution in [-0.4, -0.2) is 30.0 Å². The van der Waals surface area contributed by atoms with E-state index in [0.29, 0.717) is 29.3 Å². The molecule has 0 saturated carbocycles. The number of thioether (sulfide) groups is 1. The third-order valence-electron chi connectivity index (χ3n) is 6.02. The number of amides is 3. The predicted octanol–water partition coefficient (Wildman–Crippen LogP) is 5.37. The zero-order valence-electron chi connectivity index (χ0n) is 20.4. The van der Waals surface area contributed by atoms with Gasteiger partial charge >= 0.3 is 0 Å². The van der Waals surface area contributed by atoms with Crippen LogP contribution in [0.5, 0.6) is 0 Å². The molecule has 0 atom stereocenters. The summed E-state index contributed by atoms with van der Waals surface area (Å²) >= 11 is 1.45. The summed E-state index contributed by atoms with van der Waals surface area (Å²) in [6.07, 6.45) is 3.84. The summed E-state index contributed by atoms with van der Waals surface area (Å²) < 4.78 is 5.33. The number of para-hydroxylation sites is 1. The van der Waals surface area contributed by atoms with Crippen LogP contribution < -0.4 is 15.5 Å². The van der Waals surface area contributed by atoms with Crippen molar-refractivity contribution in [3.8, 4) is 0 Å². The molecular weight excluding hydrogens is 498 g/mol. The monoisotopic (exact) mass is 523 g/mol. The minimum absolute atomic E-state index is 0.0451. The van der Waals surface area contributed by atoms with E-state index in [1.807, 2.05) is 41.3 Å². The Morgan fingerprint density at radius 3 is 2.42 bits per heavy atom. The predicted molar refractivity (Wildman–Crippen MR) is 149 cm³/mol. The number of benzene rings is 3. The van der Waals surface area contributed by atoms with Gasteiger partial charge in [0.2, 0.25) is 5.91 Å². The van der Waals surface area contributed by atoms with E-state index < -0.39 is 11.8 Å². The molecule has 2 heterocycles. The molecule has 4 aromatic rings. The Labute approximate surface area is 224 Å². The van der Waals surface area contributed by atoms with Gasteiger partial charge in [0.1, 0.15) is 11.5 Å². The van der Waals surface area contributed by atoms with Gasteiger partial charge in [0.25, 0.3) is 11.8 Å². The molecule has 0 saturated heterocycles. The van der Waals surface area contributed by atoms with Crippen LogP contribution >= 0.6 is 11.8 Å². The summed E-state index contributed by atoms with van der Waals surface area (Å²) in [5.41, 5.74) is 3.22. The first-order valence-electron chi connectivity index (χ1n) is 12.1. The normalized spacial score (nSPS) is 12.6. The average Bonchev–Trinajstić information content (AvgIpc) is 3.63. The molecule has 0 bridgehead atoms. The second-order valence-corrected chi connectivity index (χ2v) is 9.63. The largest absolute Gasteiger partial charge is 0.465 e. The maximum absolute atomic E-state index is 13.1. The van der Waals surface area contributed by atoms with E-state index in [0.717, 1.165) is 17.0 Å². The fraction of sp³-hybridized carbons (Fsp3) is 0.100.